The van der Waals surface area contributed by atoms with Crippen molar-refractivity contribution in [3.05, 3.63) is 154 Å². The van der Waals surface area contributed by atoms with Crippen LogP contribution in [0, 0.1) is 32.4 Å². The van der Waals surface area contributed by atoms with E-state index in [0.29, 0.717) is 16.8 Å². The molecule has 52 heavy (non-hydrogen) atoms. The molecule has 5 aromatic carbocycles. The number of anilines is 2. The quantitative estimate of drug-likeness (QED) is 0.113. The van der Waals surface area contributed by atoms with Gasteiger partial charge in [-0.1, -0.05) is 90.5 Å². The molecule has 0 fully saturated rings. The van der Waals surface area contributed by atoms with Gasteiger partial charge in [0.05, 0.1) is 17.7 Å². The highest BCUT2D eigenvalue weighted by atomic mass is 19.2. The van der Waals surface area contributed by atoms with Gasteiger partial charge in [-0.15, -0.1) is 0 Å². The van der Waals surface area contributed by atoms with Crippen molar-refractivity contribution in [1.82, 2.24) is 5.32 Å². The molecule has 0 unspecified atom stereocenters. The molecule has 0 bridgehead atoms. The zero-order chi connectivity index (χ0) is 37.2. The van der Waals surface area contributed by atoms with Crippen molar-refractivity contribution in [2.45, 2.75) is 46.4 Å². The smallest absolute Gasteiger partial charge is 0.329 e. The highest BCUT2D eigenvalue weighted by Crippen LogP contribution is 2.28. The Labute approximate surface area is 300 Å². The van der Waals surface area contributed by atoms with Crippen molar-refractivity contribution in [1.29, 1.82) is 0 Å². The summed E-state index contributed by atoms with van der Waals surface area (Å²) in [4.78, 5) is 53.6. The molecule has 1 atom stereocenters. The molecule has 266 valence electrons. The maximum atomic E-state index is 14.2. The Morgan fingerprint density at radius 3 is 1.85 bits per heavy atom. The van der Waals surface area contributed by atoms with Gasteiger partial charge in [0.15, 0.2) is 11.6 Å². The van der Waals surface area contributed by atoms with E-state index in [1.54, 1.807) is 48.5 Å². The molecular weight excluding hydrogens is 668 g/mol. The maximum absolute atomic E-state index is 14.2. The Hall–Kier alpha value is -6.36. The van der Waals surface area contributed by atoms with Crippen LogP contribution in [0.25, 0.3) is 11.1 Å². The van der Waals surface area contributed by atoms with Gasteiger partial charge in [-0.25, -0.2) is 18.4 Å². The monoisotopic (exact) mass is 705 g/mol. The van der Waals surface area contributed by atoms with Crippen LogP contribution in [0.4, 0.5) is 25.0 Å². The molecular formula is C41H37F2N3O6. The minimum absolute atomic E-state index is 0.0114. The van der Waals surface area contributed by atoms with Crippen LogP contribution in [-0.2, 0) is 32.3 Å². The van der Waals surface area contributed by atoms with Crippen molar-refractivity contribution in [2.24, 2.45) is 0 Å². The number of aryl methyl sites for hydroxylation is 3. The van der Waals surface area contributed by atoms with Crippen molar-refractivity contribution in [3.8, 4) is 11.1 Å². The number of halogens is 2. The lowest BCUT2D eigenvalue weighted by Crippen LogP contribution is -2.43. The van der Waals surface area contributed by atoms with Crippen LogP contribution in [-0.4, -0.2) is 29.9 Å². The number of carbonyl (C=O) groups is 4. The van der Waals surface area contributed by atoms with Crippen LogP contribution in [0.1, 0.15) is 44.6 Å². The number of urea groups is 1. The predicted molar refractivity (Wildman–Crippen MR) is 193 cm³/mol. The summed E-state index contributed by atoms with van der Waals surface area (Å²) in [6.45, 7) is 5.47. The van der Waals surface area contributed by atoms with E-state index in [1.807, 2.05) is 45.0 Å². The average molecular weight is 706 g/mol. The summed E-state index contributed by atoms with van der Waals surface area (Å²) in [5, 5.41) is 8.07. The number of rotatable bonds is 12. The van der Waals surface area contributed by atoms with Crippen LogP contribution in [0.5, 0.6) is 0 Å². The van der Waals surface area contributed by atoms with Crippen LogP contribution in [0.15, 0.2) is 109 Å². The molecule has 0 aliphatic rings. The molecule has 5 rings (SSSR count). The van der Waals surface area contributed by atoms with Gasteiger partial charge in [0, 0.05) is 5.69 Å². The molecule has 0 aliphatic carbocycles. The molecule has 11 heteroatoms. The highest BCUT2D eigenvalue weighted by Gasteiger charge is 2.28. The zero-order valence-corrected chi connectivity index (χ0v) is 28.8. The zero-order valence-electron chi connectivity index (χ0n) is 28.8. The molecule has 0 radical (unpaired) electrons. The first-order valence-electron chi connectivity index (χ1n) is 16.4. The third-order valence-electron chi connectivity index (χ3n) is 8.11. The summed E-state index contributed by atoms with van der Waals surface area (Å²) >= 11 is 0. The summed E-state index contributed by atoms with van der Waals surface area (Å²) in [6, 6.07) is 27.1. The number of hydrogen-bond donors (Lipinski definition) is 3. The normalized spacial score (nSPS) is 11.2. The second kappa shape index (κ2) is 17.0. The topological polar surface area (TPSA) is 123 Å². The molecule has 0 saturated carbocycles. The standard InChI is InChI=1S/C41H37F2N3O6/c1-25-18-26(2)38(27(3)19-25)46-41(50)45-35-21-31(30-15-17-33(42)34(43)20-30)14-16-32(35)39(48)44-36(40(49)52-24-29-12-8-5-9-13-29)22-37(47)51-23-28-10-6-4-7-11-28/h4-21,36H,22-24H2,1-3H3,(H,44,48)(H2,45,46,50)/t36-/m1/s1. The third kappa shape index (κ3) is 9.87. The molecule has 0 saturated heterocycles. The number of hydrogen-bond acceptors (Lipinski definition) is 6. The van der Waals surface area contributed by atoms with E-state index in [-0.39, 0.29) is 30.0 Å². The highest BCUT2D eigenvalue weighted by molar-refractivity contribution is 6.08. The number of ether oxygens (including phenoxy) is 2. The second-order valence-electron chi connectivity index (χ2n) is 12.2. The van der Waals surface area contributed by atoms with Gasteiger partial charge in [-0.05, 0) is 78.4 Å². The second-order valence-corrected chi connectivity index (χ2v) is 12.2. The predicted octanol–water partition coefficient (Wildman–Crippen LogP) is 8.18. The Kier molecular flexibility index (Phi) is 12.1. The van der Waals surface area contributed by atoms with Gasteiger partial charge in [-0.2, -0.15) is 0 Å². The van der Waals surface area contributed by atoms with Gasteiger partial charge < -0.3 is 25.4 Å². The Morgan fingerprint density at radius 2 is 1.23 bits per heavy atom. The molecule has 0 heterocycles. The Balaban J connectivity index is 1.42. The first-order chi connectivity index (χ1) is 25.0. The van der Waals surface area contributed by atoms with Gasteiger partial charge in [0.25, 0.3) is 5.91 Å². The van der Waals surface area contributed by atoms with Gasteiger partial charge >= 0.3 is 18.0 Å². The average Bonchev–Trinajstić information content (AvgIpc) is 3.13. The number of carbonyl (C=O) groups excluding carboxylic acids is 4. The van der Waals surface area contributed by atoms with E-state index in [0.717, 1.165) is 34.4 Å². The molecule has 0 aliphatic heterocycles. The number of esters is 2. The van der Waals surface area contributed by atoms with Gasteiger partial charge in [0.1, 0.15) is 19.3 Å². The van der Waals surface area contributed by atoms with Gasteiger partial charge in [0.2, 0.25) is 0 Å². The van der Waals surface area contributed by atoms with Crippen LogP contribution in [0.3, 0.4) is 0 Å². The first-order valence-corrected chi connectivity index (χ1v) is 16.4. The number of nitrogens with one attached hydrogen (secondary N) is 3. The minimum Gasteiger partial charge on any atom is -0.461 e. The first kappa shape index (κ1) is 36.9. The van der Waals surface area contributed by atoms with Crippen molar-refractivity contribution in [3.63, 3.8) is 0 Å². The fourth-order valence-corrected chi connectivity index (χ4v) is 5.57. The summed E-state index contributed by atoms with van der Waals surface area (Å²) in [5.74, 6) is -4.58. The summed E-state index contributed by atoms with van der Waals surface area (Å²) in [6.07, 6.45) is -0.547. The Bertz CT molecular complexity index is 2070. The minimum atomic E-state index is -1.47. The lowest BCUT2D eigenvalue weighted by atomic mass is 10.0. The van der Waals surface area contributed by atoms with E-state index in [1.165, 1.54) is 24.3 Å². The molecule has 0 spiro atoms. The van der Waals surface area contributed by atoms with E-state index >= 15 is 0 Å². The Morgan fingerprint density at radius 1 is 0.654 bits per heavy atom. The lowest BCUT2D eigenvalue weighted by Gasteiger charge is -2.20. The third-order valence-corrected chi connectivity index (χ3v) is 8.11. The molecule has 3 N–H and O–H groups in total. The van der Waals surface area contributed by atoms with Crippen LogP contribution in [0.2, 0.25) is 0 Å². The summed E-state index contributed by atoms with van der Waals surface area (Å²) < 4.78 is 38.8. The number of benzene rings is 5. The molecule has 5 aromatic rings. The largest absolute Gasteiger partial charge is 0.461 e. The fraction of sp³-hybridized carbons (Fsp3) is 0.171. The van der Waals surface area contributed by atoms with Crippen molar-refractivity contribution >= 4 is 35.3 Å². The van der Waals surface area contributed by atoms with Gasteiger partial charge in [-0.3, -0.25) is 9.59 Å². The fourth-order valence-electron chi connectivity index (χ4n) is 5.57. The summed E-state index contributed by atoms with van der Waals surface area (Å²) in [5.41, 5.74) is 5.18. The maximum Gasteiger partial charge on any atom is 0.329 e. The van der Waals surface area contributed by atoms with Crippen LogP contribution < -0.4 is 16.0 Å². The lowest BCUT2D eigenvalue weighted by molar-refractivity contribution is -0.153. The van der Waals surface area contributed by atoms with Crippen molar-refractivity contribution < 1.29 is 37.4 Å². The van der Waals surface area contributed by atoms with Crippen LogP contribution >= 0.6 is 0 Å². The van der Waals surface area contributed by atoms with Crippen molar-refractivity contribution in [2.75, 3.05) is 10.6 Å². The molecule has 9 nitrogen and oxygen atoms in total. The summed E-state index contributed by atoms with van der Waals surface area (Å²) in [7, 11) is 0. The van der Waals surface area contributed by atoms with E-state index in [4.69, 9.17) is 9.47 Å². The number of amides is 3. The molecule has 0 aromatic heterocycles. The van der Waals surface area contributed by atoms with E-state index in [2.05, 4.69) is 16.0 Å². The van der Waals surface area contributed by atoms with E-state index < -0.39 is 48.0 Å². The molecule has 3 amide bonds. The van der Waals surface area contributed by atoms with E-state index in [9.17, 15) is 28.0 Å². The SMILES string of the molecule is Cc1cc(C)c(NC(=O)Nc2cc(-c3ccc(F)c(F)c3)ccc2C(=O)N[C@H](CC(=O)OCc2ccccc2)C(=O)OCc2ccccc2)c(C)c1.